The number of carbonyl (C=O) groups excluding carboxylic acids is 1. The number of amides is 1. The summed E-state index contributed by atoms with van der Waals surface area (Å²) >= 11 is 0. The zero-order chi connectivity index (χ0) is 16.1. The van der Waals surface area contributed by atoms with Gasteiger partial charge in [-0.15, -0.1) is 0 Å². The third-order valence-corrected chi connectivity index (χ3v) is 5.05. The summed E-state index contributed by atoms with van der Waals surface area (Å²) in [6.45, 7) is 6.20. The van der Waals surface area contributed by atoms with E-state index in [1.165, 1.54) is 32.1 Å². The van der Waals surface area contributed by atoms with Crippen LogP contribution in [0.3, 0.4) is 0 Å². The molecular formula is C17H28N4O2. The number of hydrogen-bond donors (Lipinski definition) is 0. The van der Waals surface area contributed by atoms with Crippen molar-refractivity contribution in [1.29, 1.82) is 0 Å². The topological polar surface area (TPSA) is 62.5 Å². The Morgan fingerprint density at radius 2 is 1.96 bits per heavy atom. The van der Waals surface area contributed by atoms with Gasteiger partial charge in [0.25, 0.3) is 0 Å². The van der Waals surface area contributed by atoms with Gasteiger partial charge in [0, 0.05) is 38.5 Å². The van der Waals surface area contributed by atoms with Crippen molar-refractivity contribution in [2.45, 2.75) is 64.3 Å². The second-order valence-corrected chi connectivity index (χ2v) is 6.75. The van der Waals surface area contributed by atoms with E-state index in [1.807, 2.05) is 11.8 Å². The molecule has 2 heterocycles. The standard InChI is InChI=1S/C17H28N4O2/c1-2-16(22)21-10-6-9-20(11-12-21)13-15-18-17(23-19-15)14-7-4-3-5-8-14/h14H,2-13H2,1H3. The minimum atomic E-state index is 0.256. The van der Waals surface area contributed by atoms with Gasteiger partial charge in [0.15, 0.2) is 5.82 Å². The van der Waals surface area contributed by atoms with E-state index in [4.69, 9.17) is 4.52 Å². The molecule has 6 nitrogen and oxygen atoms in total. The lowest BCUT2D eigenvalue weighted by Crippen LogP contribution is -2.34. The fraction of sp³-hybridized carbons (Fsp3) is 0.824. The highest BCUT2D eigenvalue weighted by Gasteiger charge is 2.23. The Hall–Kier alpha value is -1.43. The first-order valence-electron chi connectivity index (χ1n) is 9.09. The van der Waals surface area contributed by atoms with Crippen molar-refractivity contribution in [3.8, 4) is 0 Å². The van der Waals surface area contributed by atoms with Crippen LogP contribution in [0, 0.1) is 0 Å². The van der Waals surface area contributed by atoms with Crippen molar-refractivity contribution < 1.29 is 9.32 Å². The van der Waals surface area contributed by atoms with E-state index in [1.54, 1.807) is 0 Å². The van der Waals surface area contributed by atoms with E-state index in [-0.39, 0.29) is 5.91 Å². The Bertz CT molecular complexity index is 510. The van der Waals surface area contributed by atoms with Gasteiger partial charge in [-0.3, -0.25) is 9.69 Å². The summed E-state index contributed by atoms with van der Waals surface area (Å²) in [6, 6.07) is 0. The molecule has 1 amide bonds. The van der Waals surface area contributed by atoms with Crippen molar-refractivity contribution in [2.75, 3.05) is 26.2 Å². The molecule has 0 unspecified atom stereocenters. The average Bonchev–Trinajstić information content (AvgIpc) is 2.93. The van der Waals surface area contributed by atoms with Crippen molar-refractivity contribution in [2.24, 2.45) is 0 Å². The third-order valence-electron chi connectivity index (χ3n) is 5.05. The molecule has 128 valence electrons. The Balaban J connectivity index is 1.53. The molecule has 2 fully saturated rings. The first kappa shape index (κ1) is 16.4. The van der Waals surface area contributed by atoms with Gasteiger partial charge in [-0.05, 0) is 19.3 Å². The van der Waals surface area contributed by atoms with Crippen molar-refractivity contribution in [1.82, 2.24) is 19.9 Å². The highest BCUT2D eigenvalue weighted by Crippen LogP contribution is 2.31. The Kier molecular flexibility index (Phi) is 5.65. The monoisotopic (exact) mass is 320 g/mol. The van der Waals surface area contributed by atoms with E-state index in [0.717, 1.165) is 50.9 Å². The van der Waals surface area contributed by atoms with E-state index in [2.05, 4.69) is 15.0 Å². The van der Waals surface area contributed by atoms with Gasteiger partial charge in [-0.25, -0.2) is 0 Å². The van der Waals surface area contributed by atoms with Crippen LogP contribution in [-0.4, -0.2) is 52.0 Å². The Morgan fingerprint density at radius 3 is 2.74 bits per heavy atom. The minimum Gasteiger partial charge on any atom is -0.341 e. The maximum atomic E-state index is 11.8. The van der Waals surface area contributed by atoms with E-state index in [9.17, 15) is 4.79 Å². The van der Waals surface area contributed by atoms with Gasteiger partial charge in [0.1, 0.15) is 0 Å². The maximum absolute atomic E-state index is 11.8. The van der Waals surface area contributed by atoms with Crippen LogP contribution < -0.4 is 0 Å². The zero-order valence-electron chi connectivity index (χ0n) is 14.2. The number of aromatic nitrogens is 2. The molecule has 0 aromatic carbocycles. The van der Waals surface area contributed by atoms with Gasteiger partial charge in [-0.1, -0.05) is 31.3 Å². The minimum absolute atomic E-state index is 0.256. The number of hydrogen-bond acceptors (Lipinski definition) is 5. The number of carbonyl (C=O) groups is 1. The van der Waals surface area contributed by atoms with Crippen LogP contribution in [0.2, 0.25) is 0 Å². The third kappa shape index (κ3) is 4.31. The zero-order valence-corrected chi connectivity index (χ0v) is 14.2. The predicted octanol–water partition coefficient (Wildman–Crippen LogP) is 2.56. The van der Waals surface area contributed by atoms with E-state index in [0.29, 0.717) is 12.3 Å². The Labute approximate surface area is 138 Å². The summed E-state index contributed by atoms with van der Waals surface area (Å²) < 4.78 is 5.50. The second kappa shape index (κ2) is 7.90. The lowest BCUT2D eigenvalue weighted by Gasteiger charge is -2.20. The number of nitrogens with zero attached hydrogens (tertiary/aromatic N) is 4. The van der Waals surface area contributed by atoms with Gasteiger partial charge in [-0.2, -0.15) is 4.98 Å². The fourth-order valence-electron chi connectivity index (χ4n) is 3.65. The number of rotatable bonds is 4. The highest BCUT2D eigenvalue weighted by atomic mass is 16.5. The molecule has 1 aromatic heterocycles. The van der Waals surface area contributed by atoms with Crippen LogP contribution in [0.25, 0.3) is 0 Å². The maximum Gasteiger partial charge on any atom is 0.229 e. The SMILES string of the molecule is CCC(=O)N1CCCN(Cc2noc(C3CCCCC3)n2)CC1. The van der Waals surface area contributed by atoms with Crippen LogP contribution in [0.1, 0.15) is 69.5 Å². The first-order valence-corrected chi connectivity index (χ1v) is 9.09. The van der Waals surface area contributed by atoms with Crippen LogP contribution in [0.15, 0.2) is 4.52 Å². The molecule has 2 aliphatic rings. The Morgan fingerprint density at radius 1 is 1.13 bits per heavy atom. The largest absolute Gasteiger partial charge is 0.341 e. The fourth-order valence-corrected chi connectivity index (χ4v) is 3.65. The molecule has 1 aliphatic heterocycles. The van der Waals surface area contributed by atoms with E-state index < -0.39 is 0 Å². The lowest BCUT2D eigenvalue weighted by atomic mass is 9.89. The van der Waals surface area contributed by atoms with Crippen molar-refractivity contribution in [3.63, 3.8) is 0 Å². The molecule has 0 atom stereocenters. The van der Waals surface area contributed by atoms with E-state index >= 15 is 0 Å². The van der Waals surface area contributed by atoms with Gasteiger partial charge >= 0.3 is 0 Å². The summed E-state index contributed by atoms with van der Waals surface area (Å²) in [5, 5.41) is 4.18. The first-order chi connectivity index (χ1) is 11.3. The molecule has 0 bridgehead atoms. The normalized spacial score (nSPS) is 21.3. The average molecular weight is 320 g/mol. The molecule has 1 saturated carbocycles. The molecule has 23 heavy (non-hydrogen) atoms. The highest BCUT2D eigenvalue weighted by molar-refractivity contribution is 5.75. The summed E-state index contributed by atoms with van der Waals surface area (Å²) in [7, 11) is 0. The van der Waals surface area contributed by atoms with Crippen molar-refractivity contribution >= 4 is 5.91 Å². The summed E-state index contributed by atoms with van der Waals surface area (Å²) in [4.78, 5) is 20.8. The molecule has 1 aliphatic carbocycles. The summed E-state index contributed by atoms with van der Waals surface area (Å²) in [6.07, 6.45) is 7.84. The van der Waals surface area contributed by atoms with Crippen LogP contribution in [-0.2, 0) is 11.3 Å². The molecule has 0 radical (unpaired) electrons. The molecule has 0 N–H and O–H groups in total. The summed E-state index contributed by atoms with van der Waals surface area (Å²) in [5.74, 6) is 2.34. The van der Waals surface area contributed by atoms with Crippen LogP contribution in [0.5, 0.6) is 0 Å². The summed E-state index contributed by atoms with van der Waals surface area (Å²) in [5.41, 5.74) is 0. The van der Waals surface area contributed by atoms with Crippen LogP contribution in [0.4, 0.5) is 0 Å². The van der Waals surface area contributed by atoms with Gasteiger partial charge in [0.05, 0.1) is 6.54 Å². The molecule has 0 spiro atoms. The second-order valence-electron chi connectivity index (χ2n) is 6.75. The quantitative estimate of drug-likeness (QED) is 0.853. The molecule has 6 heteroatoms. The molecule has 1 aromatic rings. The molecular weight excluding hydrogens is 292 g/mol. The van der Waals surface area contributed by atoms with Gasteiger partial charge in [0.2, 0.25) is 11.8 Å². The van der Waals surface area contributed by atoms with Crippen molar-refractivity contribution in [3.05, 3.63) is 11.7 Å². The lowest BCUT2D eigenvalue weighted by molar-refractivity contribution is -0.130. The molecule has 3 rings (SSSR count). The smallest absolute Gasteiger partial charge is 0.229 e. The molecule has 1 saturated heterocycles. The predicted molar refractivity (Wildman–Crippen MR) is 86.9 cm³/mol. The van der Waals surface area contributed by atoms with Gasteiger partial charge < -0.3 is 9.42 Å². The van der Waals surface area contributed by atoms with Crippen LogP contribution >= 0.6 is 0 Å².